The summed E-state index contributed by atoms with van der Waals surface area (Å²) in [5.41, 5.74) is 11.6. The first-order valence-corrected chi connectivity index (χ1v) is 11.2. The number of nitrogens with zero attached hydrogens (tertiary/aromatic N) is 1. The van der Waals surface area contributed by atoms with Gasteiger partial charge in [-0.05, 0) is 18.8 Å². The van der Waals surface area contributed by atoms with Crippen molar-refractivity contribution in [3.63, 3.8) is 0 Å². The maximum Gasteiger partial charge on any atom is 0.326 e. The van der Waals surface area contributed by atoms with Crippen LogP contribution in [0, 0.1) is 5.92 Å². The molecule has 0 aliphatic carbocycles. The van der Waals surface area contributed by atoms with Crippen molar-refractivity contribution in [3.8, 4) is 0 Å². The number of primary amides is 1. The number of hydrogen-bond acceptors (Lipinski definition) is 8. The molecule has 1 aromatic heterocycles. The summed E-state index contributed by atoms with van der Waals surface area (Å²) in [5.74, 6) is -6.39. The summed E-state index contributed by atoms with van der Waals surface area (Å²) in [5, 5.41) is 25.3. The van der Waals surface area contributed by atoms with Crippen molar-refractivity contribution in [1.29, 1.82) is 0 Å². The number of aliphatic carboxylic acids is 2. The summed E-state index contributed by atoms with van der Waals surface area (Å²) in [6.07, 6.45) is 1.57. The molecule has 0 aromatic carbocycles. The predicted octanol–water partition coefficient (Wildman–Crippen LogP) is -2.40. The van der Waals surface area contributed by atoms with Crippen LogP contribution in [0.25, 0.3) is 0 Å². The smallest absolute Gasteiger partial charge is 0.326 e. The zero-order valence-corrected chi connectivity index (χ0v) is 20.0. The van der Waals surface area contributed by atoms with Crippen LogP contribution in [0.5, 0.6) is 0 Å². The first-order valence-electron chi connectivity index (χ1n) is 11.2. The number of carboxylic acids is 2. The normalized spacial score (nSPS) is 14.2. The van der Waals surface area contributed by atoms with Crippen LogP contribution in [0.2, 0.25) is 0 Å². The number of nitrogens with two attached hydrogens (primary N) is 2. The van der Waals surface area contributed by atoms with Crippen LogP contribution in [0.3, 0.4) is 0 Å². The number of carboxylic acid groups (broad SMARTS) is 2. The highest BCUT2D eigenvalue weighted by Crippen LogP contribution is 2.07. The number of carbonyl (C=O) groups is 6. The maximum absolute atomic E-state index is 12.9. The van der Waals surface area contributed by atoms with Crippen molar-refractivity contribution < 1.29 is 39.0 Å². The summed E-state index contributed by atoms with van der Waals surface area (Å²) in [6.45, 7) is 3.48. The van der Waals surface area contributed by atoms with Gasteiger partial charge in [-0.25, -0.2) is 9.78 Å². The lowest BCUT2D eigenvalue weighted by molar-refractivity contribution is -0.144. The largest absolute Gasteiger partial charge is 0.481 e. The van der Waals surface area contributed by atoms with Crippen LogP contribution in [-0.4, -0.2) is 79.9 Å². The molecule has 15 nitrogen and oxygen atoms in total. The molecule has 0 saturated heterocycles. The number of hydrogen-bond donors (Lipinski definition) is 8. The van der Waals surface area contributed by atoms with Gasteiger partial charge in [0.25, 0.3) is 0 Å². The van der Waals surface area contributed by atoms with E-state index in [4.69, 9.17) is 11.5 Å². The number of H-pyrrole nitrogens is 1. The molecular weight excluding hydrogens is 478 g/mol. The summed E-state index contributed by atoms with van der Waals surface area (Å²) in [7, 11) is 0. The first kappa shape index (κ1) is 30.0. The summed E-state index contributed by atoms with van der Waals surface area (Å²) in [6, 6.07) is -5.44. The van der Waals surface area contributed by atoms with Crippen molar-refractivity contribution >= 4 is 35.6 Å². The van der Waals surface area contributed by atoms with E-state index in [2.05, 4.69) is 25.9 Å². The Morgan fingerprint density at radius 2 is 1.56 bits per heavy atom. The van der Waals surface area contributed by atoms with Gasteiger partial charge in [0.05, 0.1) is 18.8 Å². The summed E-state index contributed by atoms with van der Waals surface area (Å²) >= 11 is 0. The molecule has 10 N–H and O–H groups in total. The fraction of sp³-hybridized carbons (Fsp3) is 0.571. The van der Waals surface area contributed by atoms with Crippen molar-refractivity contribution in [2.75, 3.05) is 0 Å². The second kappa shape index (κ2) is 14.4. The monoisotopic (exact) mass is 511 g/mol. The van der Waals surface area contributed by atoms with Gasteiger partial charge in [-0.15, -0.1) is 0 Å². The SMILES string of the molecule is CC(C)CC(NC(=O)C(CC(=O)O)NC(=O)C(CCC(N)=O)NC(=O)C(N)Cc1cnc[nH]1)C(=O)O. The van der Waals surface area contributed by atoms with Crippen molar-refractivity contribution in [2.45, 2.75) is 70.1 Å². The molecule has 1 heterocycles. The number of rotatable bonds is 16. The van der Waals surface area contributed by atoms with Crippen LogP contribution in [-0.2, 0) is 35.2 Å². The number of nitrogens with one attached hydrogen (secondary N) is 4. The van der Waals surface area contributed by atoms with E-state index in [1.54, 1.807) is 13.8 Å². The quantitative estimate of drug-likeness (QED) is 0.117. The molecule has 0 spiro atoms. The molecule has 1 rings (SSSR count). The van der Waals surface area contributed by atoms with Gasteiger partial charge >= 0.3 is 11.9 Å². The molecule has 15 heteroatoms. The Bertz CT molecular complexity index is 935. The molecule has 36 heavy (non-hydrogen) atoms. The molecule has 4 unspecified atom stereocenters. The molecule has 4 amide bonds. The summed E-state index contributed by atoms with van der Waals surface area (Å²) < 4.78 is 0. The van der Waals surface area contributed by atoms with E-state index >= 15 is 0 Å². The lowest BCUT2D eigenvalue weighted by Crippen LogP contribution is -2.57. The van der Waals surface area contributed by atoms with E-state index in [0.717, 1.165) is 0 Å². The maximum atomic E-state index is 12.9. The van der Waals surface area contributed by atoms with Crippen molar-refractivity contribution in [1.82, 2.24) is 25.9 Å². The van der Waals surface area contributed by atoms with Crippen LogP contribution in [0.4, 0.5) is 0 Å². The first-order chi connectivity index (χ1) is 16.8. The van der Waals surface area contributed by atoms with Gasteiger partial charge in [0.15, 0.2) is 0 Å². The topological polar surface area (TPSA) is 260 Å². The van der Waals surface area contributed by atoms with Gasteiger partial charge in [-0.1, -0.05) is 13.8 Å². The number of carbonyl (C=O) groups excluding carboxylic acids is 4. The second-order valence-electron chi connectivity index (χ2n) is 8.64. The Morgan fingerprint density at radius 3 is 2.06 bits per heavy atom. The third kappa shape index (κ3) is 10.9. The molecule has 1 aromatic rings. The van der Waals surface area contributed by atoms with Gasteiger partial charge in [-0.3, -0.25) is 24.0 Å². The number of aromatic nitrogens is 2. The highest BCUT2D eigenvalue weighted by molar-refractivity contribution is 5.95. The Labute approximate surface area is 206 Å². The van der Waals surface area contributed by atoms with E-state index in [-0.39, 0.29) is 31.6 Å². The Morgan fingerprint density at radius 1 is 0.972 bits per heavy atom. The molecule has 4 atom stereocenters. The minimum atomic E-state index is -1.66. The fourth-order valence-electron chi connectivity index (χ4n) is 3.18. The van der Waals surface area contributed by atoms with Gasteiger partial charge in [0, 0.05) is 24.7 Å². The third-order valence-electron chi connectivity index (χ3n) is 4.98. The summed E-state index contributed by atoms with van der Waals surface area (Å²) in [4.78, 5) is 78.7. The van der Waals surface area contributed by atoms with E-state index in [9.17, 15) is 39.0 Å². The van der Waals surface area contributed by atoms with Gasteiger partial charge < -0.3 is 42.6 Å². The number of amides is 4. The zero-order valence-electron chi connectivity index (χ0n) is 20.0. The molecule has 0 aliphatic rings. The molecule has 0 saturated carbocycles. The lowest BCUT2D eigenvalue weighted by atomic mass is 10.0. The van der Waals surface area contributed by atoms with Crippen molar-refractivity contribution in [2.24, 2.45) is 17.4 Å². The lowest BCUT2D eigenvalue weighted by Gasteiger charge is -2.24. The molecule has 0 radical (unpaired) electrons. The van der Waals surface area contributed by atoms with Crippen LogP contribution < -0.4 is 27.4 Å². The van der Waals surface area contributed by atoms with E-state index in [0.29, 0.717) is 5.69 Å². The molecule has 0 aliphatic heterocycles. The van der Waals surface area contributed by atoms with E-state index < -0.39 is 66.2 Å². The molecule has 0 bridgehead atoms. The minimum absolute atomic E-state index is 0.0620. The molecule has 200 valence electrons. The highest BCUT2D eigenvalue weighted by Gasteiger charge is 2.32. The second-order valence-corrected chi connectivity index (χ2v) is 8.64. The van der Waals surface area contributed by atoms with Gasteiger partial charge in [0.2, 0.25) is 23.6 Å². The van der Waals surface area contributed by atoms with Crippen molar-refractivity contribution in [3.05, 3.63) is 18.2 Å². The Balaban J connectivity index is 2.99. The van der Waals surface area contributed by atoms with Gasteiger partial charge in [-0.2, -0.15) is 0 Å². The third-order valence-corrected chi connectivity index (χ3v) is 4.98. The molecular formula is C21H33N7O8. The van der Waals surface area contributed by atoms with E-state index in [1.807, 2.05) is 0 Å². The standard InChI is InChI=1S/C21H33N7O8/c1-10(2)5-15(21(35)36)28-20(34)14(7-17(30)31)27-19(33)13(3-4-16(23)29)26-18(32)12(22)6-11-8-24-9-25-11/h8-10,12-15H,3-7,22H2,1-2H3,(H2,23,29)(H,24,25)(H,26,32)(H,27,33)(H,28,34)(H,30,31)(H,35,36). The van der Waals surface area contributed by atoms with Crippen LogP contribution >= 0.6 is 0 Å². The van der Waals surface area contributed by atoms with Crippen LogP contribution in [0.15, 0.2) is 12.5 Å². The highest BCUT2D eigenvalue weighted by atomic mass is 16.4. The average molecular weight is 512 g/mol. The van der Waals surface area contributed by atoms with Crippen LogP contribution in [0.1, 0.15) is 45.2 Å². The predicted molar refractivity (Wildman–Crippen MR) is 124 cm³/mol. The number of aromatic amines is 1. The number of imidazole rings is 1. The van der Waals surface area contributed by atoms with E-state index in [1.165, 1.54) is 12.5 Å². The Kier molecular flexibility index (Phi) is 12.0. The zero-order chi connectivity index (χ0) is 27.4. The minimum Gasteiger partial charge on any atom is -0.481 e. The Hall–Kier alpha value is -4.01. The molecule has 0 fully saturated rings. The fourth-order valence-corrected chi connectivity index (χ4v) is 3.18. The van der Waals surface area contributed by atoms with Gasteiger partial charge in [0.1, 0.15) is 18.1 Å². The average Bonchev–Trinajstić information content (AvgIpc) is 3.27.